The molecular weight excluding hydrogens is 229 g/mol. The van der Waals surface area contributed by atoms with Crippen LogP contribution in [-0.4, -0.2) is 17.2 Å². The summed E-state index contributed by atoms with van der Waals surface area (Å²) >= 11 is 6.10. The maximum atomic E-state index is 12.8. The highest BCUT2D eigenvalue weighted by molar-refractivity contribution is 6.13. The Kier molecular flexibility index (Phi) is 3.56. The second-order valence-corrected chi connectivity index (χ2v) is 4.55. The molecule has 1 saturated heterocycles. The van der Waals surface area contributed by atoms with Gasteiger partial charge in [0.1, 0.15) is 12.1 Å². The molecule has 1 fully saturated rings. The number of aldehydes is 1. The summed E-state index contributed by atoms with van der Waals surface area (Å²) in [5.74, 6) is -0.197. The maximum absolute atomic E-state index is 12.8. The monoisotopic (exact) mass is 241 g/mol. The van der Waals surface area contributed by atoms with Gasteiger partial charge in [-0.05, 0) is 42.3 Å². The molecule has 2 nitrogen and oxygen atoms in total. The predicted molar refractivity (Wildman–Crippen MR) is 60.5 cm³/mol. The first-order valence-corrected chi connectivity index (χ1v) is 5.67. The zero-order chi connectivity index (χ0) is 11.5. The third-order valence-electron chi connectivity index (χ3n) is 3.02. The van der Waals surface area contributed by atoms with Crippen molar-refractivity contribution in [3.63, 3.8) is 0 Å². The lowest BCUT2D eigenvalue weighted by atomic mass is 9.90. The number of hydrogen-bond donors (Lipinski definition) is 0. The normalized spacial score (nSPS) is 26.6. The Balaban J connectivity index is 2.17. The van der Waals surface area contributed by atoms with Crippen molar-refractivity contribution < 1.29 is 9.18 Å². The summed E-state index contributed by atoms with van der Waals surface area (Å²) in [5.41, 5.74) is 0.961. The van der Waals surface area contributed by atoms with Crippen LogP contribution in [0.2, 0.25) is 0 Å². The summed E-state index contributed by atoms with van der Waals surface area (Å²) < 4.78 is 14.5. The molecule has 0 spiro atoms. The average Bonchev–Trinajstić information content (AvgIpc) is 2.31. The van der Waals surface area contributed by atoms with E-state index in [9.17, 15) is 9.18 Å². The van der Waals surface area contributed by atoms with Crippen LogP contribution < -0.4 is 0 Å². The van der Waals surface area contributed by atoms with Gasteiger partial charge in [0.25, 0.3) is 0 Å². The molecule has 2 rings (SSSR count). The van der Waals surface area contributed by atoms with Crippen LogP contribution >= 0.6 is 11.8 Å². The van der Waals surface area contributed by atoms with Crippen LogP contribution in [0.5, 0.6) is 0 Å². The van der Waals surface area contributed by atoms with E-state index >= 15 is 0 Å². The predicted octanol–water partition coefficient (Wildman–Crippen LogP) is 2.93. The standard InChI is InChI=1S/C12H13ClFNO/c13-15-6-5-9(8-16)7-12(15)10-1-3-11(14)4-2-10/h1-4,8-9,12H,5-7H2. The smallest absolute Gasteiger partial charge is 0.123 e. The number of carbonyl (C=O) groups excluding carboxylic acids is 1. The van der Waals surface area contributed by atoms with Crippen molar-refractivity contribution in [3.8, 4) is 0 Å². The van der Waals surface area contributed by atoms with E-state index in [0.29, 0.717) is 13.0 Å². The summed E-state index contributed by atoms with van der Waals surface area (Å²) in [7, 11) is 0. The molecule has 1 aliphatic heterocycles. The van der Waals surface area contributed by atoms with Crippen LogP contribution in [0.1, 0.15) is 24.4 Å². The number of piperidine rings is 1. The fourth-order valence-electron chi connectivity index (χ4n) is 2.07. The molecule has 2 atom stereocenters. The molecule has 1 aromatic rings. The van der Waals surface area contributed by atoms with E-state index in [4.69, 9.17) is 11.8 Å². The van der Waals surface area contributed by atoms with Gasteiger partial charge >= 0.3 is 0 Å². The highest BCUT2D eigenvalue weighted by atomic mass is 35.5. The first kappa shape index (κ1) is 11.6. The number of carbonyl (C=O) groups is 1. The van der Waals surface area contributed by atoms with Gasteiger partial charge in [0.05, 0.1) is 6.04 Å². The van der Waals surface area contributed by atoms with Gasteiger partial charge in [0, 0.05) is 12.5 Å². The summed E-state index contributed by atoms with van der Waals surface area (Å²) in [6.07, 6.45) is 2.49. The van der Waals surface area contributed by atoms with Gasteiger partial charge in [-0.3, -0.25) is 0 Å². The number of benzene rings is 1. The quantitative estimate of drug-likeness (QED) is 0.586. The third kappa shape index (κ3) is 2.42. The van der Waals surface area contributed by atoms with Crippen molar-refractivity contribution >= 4 is 18.1 Å². The fourth-order valence-corrected chi connectivity index (χ4v) is 2.36. The first-order chi connectivity index (χ1) is 7.70. The molecular formula is C12H13ClFNO. The van der Waals surface area contributed by atoms with E-state index in [1.807, 2.05) is 0 Å². The minimum atomic E-state index is -0.257. The Morgan fingerprint density at radius 3 is 2.69 bits per heavy atom. The van der Waals surface area contributed by atoms with Crippen molar-refractivity contribution in [1.82, 2.24) is 4.42 Å². The summed E-state index contributed by atoms with van der Waals surface area (Å²) in [6, 6.07) is 6.30. The van der Waals surface area contributed by atoms with Crippen LogP contribution in [0, 0.1) is 11.7 Å². The van der Waals surface area contributed by atoms with Crippen molar-refractivity contribution in [3.05, 3.63) is 35.6 Å². The summed E-state index contributed by atoms with van der Waals surface area (Å²) in [6.45, 7) is 0.688. The van der Waals surface area contributed by atoms with Crippen LogP contribution in [0.4, 0.5) is 4.39 Å². The van der Waals surface area contributed by atoms with Gasteiger partial charge in [0.15, 0.2) is 0 Å². The highest BCUT2D eigenvalue weighted by Crippen LogP contribution is 2.34. The van der Waals surface area contributed by atoms with E-state index < -0.39 is 0 Å². The van der Waals surface area contributed by atoms with Gasteiger partial charge in [-0.25, -0.2) is 8.81 Å². The lowest BCUT2D eigenvalue weighted by Gasteiger charge is -2.33. The Morgan fingerprint density at radius 1 is 1.38 bits per heavy atom. The van der Waals surface area contributed by atoms with Gasteiger partial charge in [0.2, 0.25) is 0 Å². The third-order valence-corrected chi connectivity index (χ3v) is 3.43. The Morgan fingerprint density at radius 2 is 2.06 bits per heavy atom. The second-order valence-electron chi connectivity index (χ2n) is 4.11. The molecule has 86 valence electrons. The summed E-state index contributed by atoms with van der Waals surface area (Å²) in [4.78, 5) is 10.8. The van der Waals surface area contributed by atoms with Gasteiger partial charge in [-0.2, -0.15) is 0 Å². The molecule has 0 saturated carbocycles. The molecule has 1 aromatic carbocycles. The maximum Gasteiger partial charge on any atom is 0.123 e. The lowest BCUT2D eigenvalue weighted by molar-refractivity contribution is -0.112. The number of rotatable bonds is 2. The van der Waals surface area contributed by atoms with Crippen molar-refractivity contribution in [2.45, 2.75) is 18.9 Å². The van der Waals surface area contributed by atoms with Gasteiger partial charge in [-0.1, -0.05) is 12.1 Å². The molecule has 1 heterocycles. The first-order valence-electron chi connectivity index (χ1n) is 5.34. The Bertz CT molecular complexity index is 368. The van der Waals surface area contributed by atoms with Crippen molar-refractivity contribution in [1.29, 1.82) is 0 Å². The molecule has 0 bridgehead atoms. The number of halogens is 2. The van der Waals surface area contributed by atoms with E-state index in [0.717, 1.165) is 18.3 Å². The lowest BCUT2D eigenvalue weighted by Crippen LogP contribution is -2.30. The molecule has 0 N–H and O–H groups in total. The number of hydrogen-bond acceptors (Lipinski definition) is 2. The van der Waals surface area contributed by atoms with Gasteiger partial charge in [-0.15, -0.1) is 0 Å². The van der Waals surface area contributed by atoms with Gasteiger partial charge < -0.3 is 4.79 Å². The highest BCUT2D eigenvalue weighted by Gasteiger charge is 2.28. The van der Waals surface area contributed by atoms with Crippen molar-refractivity contribution in [2.24, 2.45) is 5.92 Å². The zero-order valence-electron chi connectivity index (χ0n) is 8.77. The van der Waals surface area contributed by atoms with E-state index in [2.05, 4.69) is 0 Å². The molecule has 4 heteroatoms. The molecule has 0 aromatic heterocycles. The largest absolute Gasteiger partial charge is 0.303 e. The average molecular weight is 242 g/mol. The van der Waals surface area contributed by atoms with Crippen LogP contribution in [0.3, 0.4) is 0 Å². The molecule has 0 aliphatic carbocycles. The topological polar surface area (TPSA) is 20.3 Å². The fraction of sp³-hybridized carbons (Fsp3) is 0.417. The molecule has 16 heavy (non-hydrogen) atoms. The molecule has 0 amide bonds. The van der Waals surface area contributed by atoms with Crippen LogP contribution in [-0.2, 0) is 4.79 Å². The van der Waals surface area contributed by atoms with Crippen molar-refractivity contribution in [2.75, 3.05) is 6.54 Å². The molecule has 2 unspecified atom stereocenters. The second kappa shape index (κ2) is 4.93. The zero-order valence-corrected chi connectivity index (χ0v) is 9.53. The molecule has 1 aliphatic rings. The van der Waals surface area contributed by atoms with Crippen LogP contribution in [0.15, 0.2) is 24.3 Å². The summed E-state index contributed by atoms with van der Waals surface area (Å²) in [5, 5.41) is 0. The Hall–Kier alpha value is -0.930. The minimum Gasteiger partial charge on any atom is -0.303 e. The van der Waals surface area contributed by atoms with E-state index in [1.54, 1.807) is 16.6 Å². The SMILES string of the molecule is O=CC1CCN(Cl)C(c2ccc(F)cc2)C1. The number of nitrogens with zero attached hydrogens (tertiary/aromatic N) is 1. The minimum absolute atomic E-state index is 0.00576. The van der Waals surface area contributed by atoms with E-state index in [-0.39, 0.29) is 17.8 Å². The Labute approximate surface area is 99.1 Å². The van der Waals surface area contributed by atoms with E-state index in [1.165, 1.54) is 12.1 Å². The molecule has 0 radical (unpaired) electrons. The van der Waals surface area contributed by atoms with Crippen LogP contribution in [0.25, 0.3) is 0 Å².